The first kappa shape index (κ1) is 18.2. The Hall–Kier alpha value is -2.80. The second-order valence-corrected chi connectivity index (χ2v) is 8.80. The van der Waals surface area contributed by atoms with Crippen LogP contribution in [-0.2, 0) is 0 Å². The lowest BCUT2D eigenvalue weighted by molar-refractivity contribution is 0.440. The van der Waals surface area contributed by atoms with Crippen molar-refractivity contribution in [3.05, 3.63) is 57.1 Å². The molecule has 148 valence electrons. The van der Waals surface area contributed by atoms with Crippen molar-refractivity contribution in [2.75, 3.05) is 0 Å². The minimum absolute atomic E-state index is 0.121. The third-order valence-corrected chi connectivity index (χ3v) is 6.92. The summed E-state index contributed by atoms with van der Waals surface area (Å²) >= 11 is 1.55. The number of nitrogens with zero attached hydrogens (tertiary/aromatic N) is 4. The molecule has 0 aliphatic heterocycles. The summed E-state index contributed by atoms with van der Waals surface area (Å²) in [5.74, 6) is 0.479. The minimum Gasteiger partial charge on any atom is -0.293 e. The zero-order valence-corrected chi connectivity index (χ0v) is 17.4. The van der Waals surface area contributed by atoms with Crippen LogP contribution in [-0.4, -0.2) is 24.8 Å². The van der Waals surface area contributed by atoms with E-state index in [1.165, 1.54) is 32.1 Å². The van der Waals surface area contributed by atoms with Crippen LogP contribution in [0.3, 0.4) is 0 Å². The highest BCUT2D eigenvalue weighted by atomic mass is 32.1. The molecule has 3 aromatic heterocycles. The van der Waals surface area contributed by atoms with Gasteiger partial charge in [0.1, 0.15) is 10.6 Å². The topological polar surface area (TPSA) is 75.9 Å². The van der Waals surface area contributed by atoms with E-state index in [1.54, 1.807) is 15.9 Å². The van der Waals surface area contributed by atoms with Crippen LogP contribution in [0.5, 0.6) is 0 Å². The van der Waals surface area contributed by atoms with Crippen LogP contribution < -0.4 is 5.56 Å². The molecule has 1 fully saturated rings. The first-order chi connectivity index (χ1) is 14.1. The van der Waals surface area contributed by atoms with Crippen molar-refractivity contribution >= 4 is 17.0 Å². The third-order valence-electron chi connectivity index (χ3n) is 5.81. The Balaban J connectivity index is 1.63. The summed E-state index contributed by atoms with van der Waals surface area (Å²) in [5.41, 5.74) is 4.68. The van der Waals surface area contributed by atoms with Gasteiger partial charge in [-0.3, -0.25) is 9.89 Å². The lowest BCUT2D eigenvalue weighted by Gasteiger charge is -2.18. The van der Waals surface area contributed by atoms with Crippen molar-refractivity contribution in [1.29, 1.82) is 0 Å². The molecule has 29 heavy (non-hydrogen) atoms. The lowest BCUT2D eigenvalue weighted by Crippen LogP contribution is -2.19. The van der Waals surface area contributed by atoms with E-state index in [9.17, 15) is 4.79 Å². The largest absolute Gasteiger partial charge is 0.293 e. The summed E-state index contributed by atoms with van der Waals surface area (Å²) < 4.78 is 1.54. The molecule has 0 atom stereocenters. The van der Waals surface area contributed by atoms with E-state index in [0.717, 1.165) is 21.8 Å². The van der Waals surface area contributed by atoms with Crippen LogP contribution in [0.15, 0.2) is 35.1 Å². The average molecular weight is 406 g/mol. The van der Waals surface area contributed by atoms with E-state index in [1.807, 2.05) is 44.2 Å². The number of nitrogens with one attached hydrogen (secondary N) is 1. The number of aryl methyl sites for hydroxylation is 2. The fourth-order valence-corrected chi connectivity index (χ4v) is 5.44. The van der Waals surface area contributed by atoms with Crippen molar-refractivity contribution in [2.24, 2.45) is 0 Å². The molecule has 0 radical (unpaired) electrons. The van der Waals surface area contributed by atoms with Gasteiger partial charge in [-0.25, -0.2) is 9.50 Å². The summed E-state index contributed by atoms with van der Waals surface area (Å²) in [7, 11) is 0. The van der Waals surface area contributed by atoms with E-state index in [4.69, 9.17) is 4.98 Å². The Bertz CT molecular complexity index is 1230. The molecule has 1 aliphatic rings. The maximum atomic E-state index is 13.4. The van der Waals surface area contributed by atoms with Crippen LogP contribution >= 0.6 is 11.3 Å². The number of fused-ring (bicyclic) bond motifs is 1. The SMILES string of the molecule is Cc1nc2c(-c3ccccc3)c(C)[nH]n2c(=O)c1-c1nnc(C2CCCCC2)s1. The van der Waals surface area contributed by atoms with Crippen LogP contribution in [0.25, 0.3) is 27.3 Å². The Kier molecular flexibility index (Phi) is 4.54. The van der Waals surface area contributed by atoms with Gasteiger partial charge >= 0.3 is 0 Å². The monoisotopic (exact) mass is 405 g/mol. The molecule has 4 aromatic rings. The van der Waals surface area contributed by atoms with Crippen molar-refractivity contribution in [3.63, 3.8) is 0 Å². The van der Waals surface area contributed by atoms with Gasteiger partial charge in [0.2, 0.25) is 0 Å². The maximum absolute atomic E-state index is 13.4. The molecule has 1 N–H and O–H groups in total. The third kappa shape index (κ3) is 3.09. The zero-order valence-electron chi connectivity index (χ0n) is 16.6. The molecule has 0 bridgehead atoms. The molecule has 7 heteroatoms. The predicted molar refractivity (Wildman–Crippen MR) is 115 cm³/mol. The molecule has 6 nitrogen and oxygen atoms in total. The zero-order chi connectivity index (χ0) is 20.0. The smallest absolute Gasteiger partial charge is 0.283 e. The highest BCUT2D eigenvalue weighted by Crippen LogP contribution is 2.36. The van der Waals surface area contributed by atoms with Crippen molar-refractivity contribution in [3.8, 4) is 21.7 Å². The summed E-state index contributed by atoms with van der Waals surface area (Å²) in [6.45, 7) is 3.85. The molecule has 0 spiro atoms. The standard InChI is InChI=1S/C22H23N5OS/c1-13-18(21-25-24-20(29-21)16-11-7-4-8-12-16)22(28)27-19(23-13)17(14(2)26-27)15-9-5-3-6-10-15/h3,5-6,9-10,16,26H,4,7-8,11-12H2,1-2H3. The van der Waals surface area contributed by atoms with Gasteiger partial charge in [-0.15, -0.1) is 10.2 Å². The second kappa shape index (κ2) is 7.22. The molecule has 1 aromatic carbocycles. The number of aromatic nitrogens is 5. The van der Waals surface area contributed by atoms with Crippen molar-refractivity contribution < 1.29 is 0 Å². The van der Waals surface area contributed by atoms with Gasteiger partial charge in [0.15, 0.2) is 10.7 Å². The minimum atomic E-state index is -0.121. The predicted octanol–water partition coefficient (Wildman–Crippen LogP) is 4.87. The van der Waals surface area contributed by atoms with E-state index >= 15 is 0 Å². The number of H-pyrrole nitrogens is 1. The van der Waals surface area contributed by atoms with Gasteiger partial charge in [0.25, 0.3) is 5.56 Å². The van der Waals surface area contributed by atoms with Gasteiger partial charge in [0.05, 0.1) is 5.69 Å². The number of aromatic amines is 1. The average Bonchev–Trinajstić information content (AvgIpc) is 3.34. The first-order valence-electron chi connectivity index (χ1n) is 10.1. The quantitative estimate of drug-likeness (QED) is 0.527. The summed E-state index contributed by atoms with van der Waals surface area (Å²) in [6, 6.07) is 10.0. The molecular weight excluding hydrogens is 382 g/mol. The van der Waals surface area contributed by atoms with E-state index < -0.39 is 0 Å². The molecule has 0 saturated heterocycles. The first-order valence-corrected chi connectivity index (χ1v) is 11.0. The van der Waals surface area contributed by atoms with Gasteiger partial charge < -0.3 is 0 Å². The summed E-state index contributed by atoms with van der Waals surface area (Å²) in [4.78, 5) is 18.2. The van der Waals surface area contributed by atoms with Crippen molar-refractivity contribution in [1.82, 2.24) is 24.8 Å². The summed E-state index contributed by atoms with van der Waals surface area (Å²) in [5, 5.41) is 13.7. The molecule has 3 heterocycles. The number of hydrogen-bond acceptors (Lipinski definition) is 5. The van der Waals surface area contributed by atoms with Crippen LogP contribution in [0.2, 0.25) is 0 Å². The van der Waals surface area contributed by atoms with Crippen molar-refractivity contribution in [2.45, 2.75) is 51.9 Å². The lowest BCUT2D eigenvalue weighted by atomic mass is 9.90. The molecule has 1 aliphatic carbocycles. The second-order valence-electron chi connectivity index (χ2n) is 7.79. The van der Waals surface area contributed by atoms with Gasteiger partial charge in [-0.2, -0.15) is 0 Å². The Morgan fingerprint density at radius 1 is 1.03 bits per heavy atom. The molecule has 1 saturated carbocycles. The van der Waals surface area contributed by atoms with E-state index in [-0.39, 0.29) is 5.56 Å². The Morgan fingerprint density at radius 2 is 1.79 bits per heavy atom. The van der Waals surface area contributed by atoms with Crippen LogP contribution in [0, 0.1) is 13.8 Å². The van der Waals surface area contributed by atoms with E-state index in [0.29, 0.717) is 27.8 Å². The Labute approximate surface area is 172 Å². The molecule has 5 rings (SSSR count). The molecular formula is C22H23N5OS. The summed E-state index contributed by atoms with van der Waals surface area (Å²) in [6.07, 6.45) is 6.14. The Morgan fingerprint density at radius 3 is 2.55 bits per heavy atom. The van der Waals surface area contributed by atoms with Crippen LogP contribution in [0.1, 0.15) is 54.4 Å². The highest BCUT2D eigenvalue weighted by Gasteiger charge is 2.24. The fraction of sp³-hybridized carbons (Fsp3) is 0.364. The normalized spacial score (nSPS) is 15.2. The number of rotatable bonds is 3. The van der Waals surface area contributed by atoms with Crippen LogP contribution in [0.4, 0.5) is 0 Å². The molecule has 0 unspecified atom stereocenters. The molecule has 0 amide bonds. The van der Waals surface area contributed by atoms with Gasteiger partial charge in [-0.1, -0.05) is 60.9 Å². The van der Waals surface area contributed by atoms with E-state index in [2.05, 4.69) is 15.3 Å². The number of hydrogen-bond donors (Lipinski definition) is 1. The fourth-order valence-electron chi connectivity index (χ4n) is 4.34. The maximum Gasteiger partial charge on any atom is 0.283 e. The van der Waals surface area contributed by atoms with Gasteiger partial charge in [-0.05, 0) is 32.3 Å². The number of benzene rings is 1. The van der Waals surface area contributed by atoms with Gasteiger partial charge in [0, 0.05) is 17.2 Å². The highest BCUT2D eigenvalue weighted by molar-refractivity contribution is 7.14.